The second-order valence-corrected chi connectivity index (χ2v) is 8.67. The maximum atomic E-state index is 12.9. The van der Waals surface area contributed by atoms with E-state index in [1.165, 1.54) is 29.7 Å². The summed E-state index contributed by atoms with van der Waals surface area (Å²) in [6.45, 7) is 2.19. The molecule has 2 N–H and O–H groups in total. The van der Waals surface area contributed by atoms with E-state index < -0.39 is 0 Å². The number of unbranched alkanes of at least 4 members (excludes halogenated alkanes) is 1. The molecule has 3 aromatic carbocycles. The van der Waals surface area contributed by atoms with Gasteiger partial charge >= 0.3 is 0 Å². The Labute approximate surface area is 190 Å². The molecule has 0 aliphatic rings. The summed E-state index contributed by atoms with van der Waals surface area (Å²) in [6.07, 6.45) is 3.41. The smallest absolute Gasteiger partial charge is 0.261 e. The first-order chi connectivity index (χ1) is 15.1. The summed E-state index contributed by atoms with van der Waals surface area (Å²) in [5, 5.41) is 8.58. The summed E-state index contributed by atoms with van der Waals surface area (Å²) in [6, 6.07) is 17.8. The van der Waals surface area contributed by atoms with Crippen LogP contribution in [0.5, 0.6) is 5.75 Å². The van der Waals surface area contributed by atoms with Crippen LogP contribution in [-0.2, 0) is 6.42 Å². The maximum Gasteiger partial charge on any atom is 0.261 e. The summed E-state index contributed by atoms with van der Waals surface area (Å²) in [5.74, 6) is 0.168. The summed E-state index contributed by atoms with van der Waals surface area (Å²) < 4.78 is 6.52. The summed E-state index contributed by atoms with van der Waals surface area (Å²) in [7, 11) is 1.55. The number of fused-ring (bicyclic) bond motifs is 2. The number of carbonyl (C=O) groups is 1. The molecule has 0 aliphatic heterocycles. The van der Waals surface area contributed by atoms with Gasteiger partial charge in [-0.15, -0.1) is 0 Å². The fourth-order valence-corrected chi connectivity index (χ4v) is 4.61. The van der Waals surface area contributed by atoms with Crippen LogP contribution in [0.2, 0.25) is 0 Å². The molecule has 7 heteroatoms. The van der Waals surface area contributed by atoms with Gasteiger partial charge in [0, 0.05) is 0 Å². The van der Waals surface area contributed by atoms with Gasteiger partial charge in [0.05, 0.1) is 22.9 Å². The Hall–Kier alpha value is -3.03. The van der Waals surface area contributed by atoms with Gasteiger partial charge in [-0.3, -0.25) is 10.1 Å². The number of thiazole rings is 1. The molecular formula is C24H23N3O2S2. The SMILES string of the molecule is CCCCc1ccc2nc(NC(=S)NC(=O)c3cc4ccccc4cc3OC)sc2c1. The highest BCUT2D eigenvalue weighted by molar-refractivity contribution is 7.80. The lowest BCUT2D eigenvalue weighted by molar-refractivity contribution is 0.0975. The van der Waals surface area contributed by atoms with Gasteiger partial charge in [0.15, 0.2) is 10.2 Å². The van der Waals surface area contributed by atoms with Crippen molar-refractivity contribution in [3.8, 4) is 5.75 Å². The number of amides is 1. The van der Waals surface area contributed by atoms with E-state index in [4.69, 9.17) is 17.0 Å². The Balaban J connectivity index is 1.48. The first kappa shape index (κ1) is 21.2. The van der Waals surface area contributed by atoms with Crippen molar-refractivity contribution >= 4 is 60.7 Å². The van der Waals surface area contributed by atoms with Gasteiger partial charge in [0.2, 0.25) is 0 Å². The van der Waals surface area contributed by atoms with E-state index in [1.807, 2.05) is 42.5 Å². The number of thiocarbonyl (C=S) groups is 1. The second kappa shape index (κ2) is 9.41. The Morgan fingerprint density at radius 3 is 2.65 bits per heavy atom. The number of hydrogen-bond acceptors (Lipinski definition) is 5. The lowest BCUT2D eigenvalue weighted by Gasteiger charge is -2.11. The molecule has 0 spiro atoms. The molecule has 0 fully saturated rings. The van der Waals surface area contributed by atoms with E-state index in [9.17, 15) is 4.79 Å². The minimum Gasteiger partial charge on any atom is -0.496 e. The molecule has 0 atom stereocenters. The fourth-order valence-electron chi connectivity index (χ4n) is 3.42. The zero-order valence-corrected chi connectivity index (χ0v) is 19.0. The number of nitrogens with zero attached hydrogens (tertiary/aromatic N) is 1. The van der Waals surface area contributed by atoms with Crippen molar-refractivity contribution in [2.45, 2.75) is 26.2 Å². The summed E-state index contributed by atoms with van der Waals surface area (Å²) >= 11 is 6.88. The van der Waals surface area contributed by atoms with Gasteiger partial charge in [-0.25, -0.2) is 4.98 Å². The number of hydrogen-bond donors (Lipinski definition) is 2. The number of aryl methyl sites for hydroxylation is 1. The van der Waals surface area contributed by atoms with Crippen LogP contribution in [0.4, 0.5) is 5.13 Å². The highest BCUT2D eigenvalue weighted by atomic mass is 32.1. The Morgan fingerprint density at radius 2 is 1.90 bits per heavy atom. The Morgan fingerprint density at radius 1 is 1.13 bits per heavy atom. The van der Waals surface area contributed by atoms with Crippen molar-refractivity contribution in [2.24, 2.45) is 0 Å². The largest absolute Gasteiger partial charge is 0.496 e. The quantitative estimate of drug-likeness (QED) is 0.357. The van der Waals surface area contributed by atoms with Gasteiger partial charge < -0.3 is 10.1 Å². The molecule has 4 aromatic rings. The first-order valence-corrected chi connectivity index (χ1v) is 11.4. The number of benzene rings is 3. The van der Waals surface area contributed by atoms with Gasteiger partial charge in [-0.05, 0) is 65.7 Å². The fraction of sp³-hybridized carbons (Fsp3) is 0.208. The minimum atomic E-state index is -0.330. The highest BCUT2D eigenvalue weighted by Gasteiger charge is 2.16. The van der Waals surface area contributed by atoms with Crippen molar-refractivity contribution in [2.75, 3.05) is 12.4 Å². The molecule has 1 amide bonds. The van der Waals surface area contributed by atoms with Gasteiger partial charge in [0.1, 0.15) is 5.75 Å². The second-order valence-electron chi connectivity index (χ2n) is 7.23. The van der Waals surface area contributed by atoms with Crippen LogP contribution in [0.25, 0.3) is 21.0 Å². The van der Waals surface area contributed by atoms with Gasteiger partial charge in [-0.2, -0.15) is 0 Å². The molecule has 0 saturated carbocycles. The molecule has 1 aromatic heterocycles. The van der Waals surface area contributed by atoms with E-state index in [1.54, 1.807) is 7.11 Å². The van der Waals surface area contributed by atoms with E-state index >= 15 is 0 Å². The van der Waals surface area contributed by atoms with Crippen LogP contribution in [0, 0.1) is 0 Å². The highest BCUT2D eigenvalue weighted by Crippen LogP contribution is 2.28. The molecule has 0 unspecified atom stereocenters. The van der Waals surface area contributed by atoms with Crippen molar-refractivity contribution < 1.29 is 9.53 Å². The van der Waals surface area contributed by atoms with Crippen LogP contribution in [0.1, 0.15) is 35.7 Å². The molecule has 0 bridgehead atoms. The van der Waals surface area contributed by atoms with Crippen molar-refractivity contribution in [1.82, 2.24) is 10.3 Å². The number of ether oxygens (including phenoxy) is 1. The molecule has 1 heterocycles. The number of aromatic nitrogens is 1. The number of anilines is 1. The third-order valence-electron chi connectivity index (χ3n) is 5.03. The molecule has 0 saturated heterocycles. The molecule has 158 valence electrons. The van der Waals surface area contributed by atoms with Crippen molar-refractivity contribution in [3.63, 3.8) is 0 Å². The lowest BCUT2D eigenvalue weighted by atomic mass is 10.1. The zero-order valence-electron chi connectivity index (χ0n) is 17.4. The average Bonchev–Trinajstić information content (AvgIpc) is 3.17. The Kier molecular flexibility index (Phi) is 6.44. The van der Waals surface area contributed by atoms with E-state index in [-0.39, 0.29) is 11.0 Å². The summed E-state index contributed by atoms with van der Waals surface area (Å²) in [4.78, 5) is 17.4. The molecule has 4 rings (SSSR count). The number of carbonyl (C=O) groups excluding carboxylic acids is 1. The maximum absolute atomic E-state index is 12.9. The molecule has 5 nitrogen and oxygen atoms in total. The number of rotatable bonds is 6. The van der Waals surface area contributed by atoms with Crippen molar-refractivity contribution in [3.05, 3.63) is 65.7 Å². The van der Waals surface area contributed by atoms with Gasteiger partial charge in [0.25, 0.3) is 5.91 Å². The van der Waals surface area contributed by atoms with Crippen LogP contribution in [-0.4, -0.2) is 23.1 Å². The number of methoxy groups -OCH3 is 1. The predicted octanol–water partition coefficient (Wildman–Crippen LogP) is 5.93. The van der Waals surface area contributed by atoms with Crippen LogP contribution in [0.3, 0.4) is 0 Å². The Bertz CT molecular complexity index is 1270. The molecule has 0 radical (unpaired) electrons. The topological polar surface area (TPSA) is 63.2 Å². The van der Waals surface area contributed by atoms with Crippen molar-refractivity contribution in [1.29, 1.82) is 0 Å². The zero-order chi connectivity index (χ0) is 21.8. The van der Waals surface area contributed by atoms with Crippen LogP contribution >= 0.6 is 23.6 Å². The molecular weight excluding hydrogens is 426 g/mol. The normalized spacial score (nSPS) is 10.9. The predicted molar refractivity (Wildman–Crippen MR) is 132 cm³/mol. The van der Waals surface area contributed by atoms with E-state index in [0.29, 0.717) is 16.4 Å². The third-order valence-corrected chi connectivity index (χ3v) is 6.17. The number of nitrogens with one attached hydrogen (secondary N) is 2. The van der Waals surface area contributed by atoms with E-state index in [2.05, 4.69) is 34.7 Å². The first-order valence-electron chi connectivity index (χ1n) is 10.2. The molecule has 0 aliphatic carbocycles. The monoisotopic (exact) mass is 449 g/mol. The van der Waals surface area contributed by atoms with Crippen LogP contribution < -0.4 is 15.4 Å². The standard InChI is InChI=1S/C24H23N3O2S2/c1-3-4-7-15-10-11-19-21(12-15)31-24(25-19)27-23(30)26-22(28)18-13-16-8-5-6-9-17(16)14-20(18)29-2/h5-6,8-14H,3-4,7H2,1-2H3,(H2,25,26,27,28,30). The van der Waals surface area contributed by atoms with Crippen LogP contribution in [0.15, 0.2) is 54.6 Å². The summed E-state index contributed by atoms with van der Waals surface area (Å²) in [5.41, 5.74) is 2.65. The van der Waals surface area contributed by atoms with E-state index in [0.717, 1.165) is 27.4 Å². The van der Waals surface area contributed by atoms with Gasteiger partial charge in [-0.1, -0.05) is 55.0 Å². The third kappa shape index (κ3) is 4.84. The average molecular weight is 450 g/mol. The minimum absolute atomic E-state index is 0.200. The lowest BCUT2D eigenvalue weighted by Crippen LogP contribution is -2.34. The molecule has 31 heavy (non-hydrogen) atoms.